The Balaban J connectivity index is 0.000000191. The molecular weight excluding hydrogens is 604 g/mol. The first kappa shape index (κ1) is 25.6. The fourth-order valence-electron chi connectivity index (χ4n) is 2.96. The molecule has 4 rings (SSSR count). The number of nitrogens with one attached hydrogen (secondary N) is 2. The van der Waals surface area contributed by atoms with Crippen molar-refractivity contribution in [3.05, 3.63) is 67.9 Å². The first-order valence-corrected chi connectivity index (χ1v) is 10.5. The summed E-state index contributed by atoms with van der Waals surface area (Å²) in [5.74, 6) is -1.90. The van der Waals surface area contributed by atoms with Crippen LogP contribution in [-0.4, -0.2) is 27.0 Å². The molecule has 34 heavy (non-hydrogen) atoms. The lowest BCUT2D eigenvalue weighted by Crippen LogP contribution is -2.10. The molecule has 0 aliphatic rings. The summed E-state index contributed by atoms with van der Waals surface area (Å²) in [4.78, 5) is 26.1. The molecule has 5 N–H and O–H groups in total. The number of primary amides is 1. The van der Waals surface area contributed by atoms with Gasteiger partial charge >= 0.3 is 18.3 Å². The highest BCUT2D eigenvalue weighted by atomic mass is 79.9. The number of aromatic carboxylic acids is 1. The second kappa shape index (κ2) is 8.98. The van der Waals surface area contributed by atoms with E-state index >= 15 is 0 Å². The third-order valence-corrected chi connectivity index (χ3v) is 5.83. The van der Waals surface area contributed by atoms with Gasteiger partial charge in [0.05, 0.1) is 5.56 Å². The van der Waals surface area contributed by atoms with Gasteiger partial charge in [0, 0.05) is 36.3 Å². The van der Waals surface area contributed by atoms with Crippen LogP contribution in [-0.2, 0) is 12.4 Å². The number of amides is 1. The van der Waals surface area contributed by atoms with E-state index in [1.807, 2.05) is 0 Å². The van der Waals surface area contributed by atoms with Gasteiger partial charge < -0.3 is 20.8 Å². The molecule has 1 amide bonds. The molecule has 0 saturated heterocycles. The van der Waals surface area contributed by atoms with E-state index in [9.17, 15) is 35.9 Å². The standard InChI is InChI=1S/C10H6BrF3N2O.C10H5BrF3NO2/c11-6-1-4(9(15)17)2-7-5(6)3-8(16-7)10(12,13)14;11-6-1-4(9(16)17)2-7-5(6)3-8(15-7)10(12,13)14/h1-3,16H,(H2,15,17);1-3,15H,(H,16,17). The van der Waals surface area contributed by atoms with Crippen molar-refractivity contribution >= 4 is 65.5 Å². The van der Waals surface area contributed by atoms with Crippen molar-refractivity contribution in [3.8, 4) is 0 Å². The zero-order valence-electron chi connectivity index (χ0n) is 16.3. The minimum atomic E-state index is -4.48. The minimum absolute atomic E-state index is 0.0834. The lowest BCUT2D eigenvalue weighted by molar-refractivity contribution is -0.141. The van der Waals surface area contributed by atoms with Crippen molar-refractivity contribution in [1.29, 1.82) is 0 Å². The number of aromatic amines is 2. The monoisotopic (exact) mass is 613 g/mol. The molecule has 0 saturated carbocycles. The summed E-state index contributed by atoms with van der Waals surface area (Å²) in [6.45, 7) is 0. The number of carboxylic acid groups (broad SMARTS) is 1. The van der Waals surface area contributed by atoms with Gasteiger partial charge in [-0.3, -0.25) is 4.79 Å². The molecule has 2 heterocycles. The number of halogens is 8. The summed E-state index contributed by atoms with van der Waals surface area (Å²) in [6, 6.07) is 7.02. The Hall–Kier alpha value is -3.00. The number of carbonyl (C=O) groups is 2. The number of hydrogen-bond acceptors (Lipinski definition) is 2. The third kappa shape index (κ3) is 5.38. The predicted octanol–water partition coefficient (Wildman–Crippen LogP) is 6.70. The molecule has 0 fully saturated rings. The number of H-pyrrole nitrogens is 2. The smallest absolute Gasteiger partial charge is 0.431 e. The number of benzene rings is 2. The Morgan fingerprint density at radius 2 is 1.12 bits per heavy atom. The number of hydrogen-bond donors (Lipinski definition) is 4. The molecule has 14 heteroatoms. The van der Waals surface area contributed by atoms with Crippen LogP contribution >= 0.6 is 31.9 Å². The van der Waals surface area contributed by atoms with Crippen LogP contribution in [0.3, 0.4) is 0 Å². The van der Waals surface area contributed by atoms with Crippen molar-refractivity contribution in [1.82, 2.24) is 9.97 Å². The lowest BCUT2D eigenvalue weighted by Gasteiger charge is -2.00. The number of carbonyl (C=O) groups excluding carboxylic acids is 1. The summed E-state index contributed by atoms with van der Waals surface area (Å²) in [5.41, 5.74) is 3.69. The fourth-order valence-corrected chi connectivity index (χ4v) is 4.11. The molecular formula is C20H11Br2F6N3O3. The molecule has 180 valence electrons. The number of carboxylic acids is 1. The molecule has 0 radical (unpaired) electrons. The molecule has 0 spiro atoms. The van der Waals surface area contributed by atoms with Crippen LogP contribution in [0.5, 0.6) is 0 Å². The van der Waals surface area contributed by atoms with Crippen LogP contribution in [0.4, 0.5) is 26.3 Å². The van der Waals surface area contributed by atoms with Crippen molar-refractivity contribution < 1.29 is 41.0 Å². The van der Waals surface area contributed by atoms with Gasteiger partial charge in [-0.25, -0.2) is 4.79 Å². The summed E-state index contributed by atoms with van der Waals surface area (Å²) in [6.07, 6.45) is -8.94. The van der Waals surface area contributed by atoms with Gasteiger partial charge in [0.15, 0.2) is 0 Å². The van der Waals surface area contributed by atoms with Crippen molar-refractivity contribution in [2.24, 2.45) is 5.73 Å². The predicted molar refractivity (Wildman–Crippen MR) is 117 cm³/mol. The van der Waals surface area contributed by atoms with Crippen LogP contribution in [0.1, 0.15) is 32.1 Å². The van der Waals surface area contributed by atoms with Crippen molar-refractivity contribution in [3.63, 3.8) is 0 Å². The van der Waals surface area contributed by atoms with Crippen molar-refractivity contribution in [2.45, 2.75) is 12.4 Å². The highest BCUT2D eigenvalue weighted by molar-refractivity contribution is 9.11. The maximum absolute atomic E-state index is 12.5. The number of aromatic nitrogens is 2. The van der Waals surface area contributed by atoms with Gasteiger partial charge in [-0.1, -0.05) is 31.9 Å². The fraction of sp³-hybridized carbons (Fsp3) is 0.100. The third-order valence-electron chi connectivity index (χ3n) is 4.52. The van der Waals surface area contributed by atoms with Crippen LogP contribution in [0, 0.1) is 0 Å². The summed E-state index contributed by atoms with van der Waals surface area (Å²) >= 11 is 6.15. The van der Waals surface area contributed by atoms with E-state index in [0.717, 1.165) is 18.2 Å². The SMILES string of the molecule is NC(=O)c1cc(Br)c2cc(C(F)(F)F)[nH]c2c1.O=C(O)c1cc(Br)c2cc(C(F)(F)F)[nH]c2c1. The summed E-state index contributed by atoms with van der Waals surface area (Å²) in [7, 11) is 0. The Bertz CT molecular complexity index is 1320. The van der Waals surface area contributed by atoms with E-state index in [1.165, 1.54) is 18.2 Å². The van der Waals surface area contributed by atoms with Crippen LogP contribution in [0.25, 0.3) is 21.8 Å². The molecule has 0 unspecified atom stereocenters. The second-order valence-electron chi connectivity index (χ2n) is 6.87. The molecule has 0 aliphatic heterocycles. The highest BCUT2D eigenvalue weighted by Gasteiger charge is 2.33. The molecule has 2 aromatic heterocycles. The van der Waals surface area contributed by atoms with Crippen LogP contribution < -0.4 is 5.73 Å². The molecule has 6 nitrogen and oxygen atoms in total. The Morgan fingerprint density at radius 1 is 0.735 bits per heavy atom. The van der Waals surface area contributed by atoms with Gasteiger partial charge in [0.25, 0.3) is 0 Å². The Labute approximate surface area is 202 Å². The van der Waals surface area contributed by atoms with Crippen molar-refractivity contribution in [2.75, 3.05) is 0 Å². The van der Waals surface area contributed by atoms with Crippen LogP contribution in [0.15, 0.2) is 45.3 Å². The zero-order chi connectivity index (χ0) is 25.6. The molecule has 2 aromatic carbocycles. The van der Waals surface area contributed by atoms with E-state index in [4.69, 9.17) is 10.8 Å². The lowest BCUT2D eigenvalue weighted by atomic mass is 10.1. The quantitative estimate of drug-likeness (QED) is 0.189. The molecule has 0 atom stereocenters. The van der Waals surface area contributed by atoms with Gasteiger partial charge in [-0.2, -0.15) is 26.3 Å². The van der Waals surface area contributed by atoms with Gasteiger partial charge in [-0.05, 0) is 36.4 Å². The summed E-state index contributed by atoms with van der Waals surface area (Å²) < 4.78 is 75.5. The largest absolute Gasteiger partial charge is 0.478 e. The number of alkyl halides is 6. The average Bonchev–Trinajstić information content (AvgIpc) is 3.32. The molecule has 4 aromatic rings. The van der Waals surface area contributed by atoms with Gasteiger partial charge in [0.2, 0.25) is 5.91 Å². The normalized spacial score (nSPS) is 12.0. The highest BCUT2D eigenvalue weighted by Crippen LogP contribution is 2.35. The number of fused-ring (bicyclic) bond motifs is 2. The van der Waals surface area contributed by atoms with Gasteiger partial charge in [-0.15, -0.1) is 0 Å². The average molecular weight is 615 g/mol. The van der Waals surface area contributed by atoms with Gasteiger partial charge in [0.1, 0.15) is 11.4 Å². The van der Waals surface area contributed by atoms with E-state index in [1.54, 1.807) is 0 Å². The first-order valence-electron chi connectivity index (χ1n) is 8.90. The first-order chi connectivity index (χ1) is 15.6. The maximum atomic E-state index is 12.5. The molecule has 0 bridgehead atoms. The van der Waals surface area contributed by atoms with Crippen LogP contribution in [0.2, 0.25) is 0 Å². The zero-order valence-corrected chi connectivity index (χ0v) is 19.5. The maximum Gasteiger partial charge on any atom is 0.431 e. The van der Waals surface area contributed by atoms with E-state index < -0.39 is 35.6 Å². The van der Waals surface area contributed by atoms with E-state index in [0.29, 0.717) is 19.7 Å². The Kier molecular flexibility index (Phi) is 6.77. The topological polar surface area (TPSA) is 112 Å². The number of nitrogens with two attached hydrogens (primary N) is 1. The minimum Gasteiger partial charge on any atom is -0.478 e. The Morgan fingerprint density at radius 3 is 1.47 bits per heavy atom. The molecule has 0 aliphatic carbocycles. The van der Waals surface area contributed by atoms with E-state index in [2.05, 4.69) is 41.8 Å². The van der Waals surface area contributed by atoms with E-state index in [-0.39, 0.29) is 22.2 Å². The summed E-state index contributed by atoms with van der Waals surface area (Å²) in [5, 5.41) is 9.42. The second-order valence-corrected chi connectivity index (χ2v) is 8.58. The number of rotatable bonds is 2.